The molecule has 108 valence electrons. The van der Waals surface area contributed by atoms with Gasteiger partial charge in [-0.2, -0.15) is 0 Å². The van der Waals surface area contributed by atoms with E-state index in [0.29, 0.717) is 0 Å². The first kappa shape index (κ1) is 14.3. The van der Waals surface area contributed by atoms with Crippen molar-refractivity contribution in [3.8, 4) is 0 Å². The number of aromatic amines is 1. The quantitative estimate of drug-likeness (QED) is 0.373. The number of H-pyrrole nitrogens is 1. The lowest BCUT2D eigenvalue weighted by Crippen LogP contribution is -2.41. The minimum absolute atomic E-state index is 0.0645. The number of aliphatic hydroxyl groups is 2. The molecule has 1 saturated heterocycles. The van der Waals surface area contributed by atoms with E-state index in [1.807, 2.05) is 0 Å². The summed E-state index contributed by atoms with van der Waals surface area (Å²) in [6, 6.07) is 0. The zero-order chi connectivity index (χ0) is 14.9. The van der Waals surface area contributed by atoms with Crippen LogP contribution in [0.2, 0.25) is 0 Å². The molecule has 0 amide bonds. The Kier molecular flexibility index (Phi) is 3.64. The lowest BCUT2D eigenvalue weighted by molar-refractivity contribution is -0.124. The van der Waals surface area contributed by atoms with Gasteiger partial charge in [0.15, 0.2) is 5.72 Å². The van der Waals surface area contributed by atoms with Crippen LogP contribution in [0.25, 0.3) is 10.4 Å². The Morgan fingerprint density at radius 3 is 3.00 bits per heavy atom. The summed E-state index contributed by atoms with van der Waals surface area (Å²) in [6.07, 6.45) is -1.01. The number of aryl methyl sites for hydroxylation is 1. The van der Waals surface area contributed by atoms with Gasteiger partial charge in [0.05, 0.1) is 12.7 Å². The van der Waals surface area contributed by atoms with Crippen LogP contribution in [-0.2, 0) is 4.74 Å². The Morgan fingerprint density at radius 1 is 1.70 bits per heavy atom. The van der Waals surface area contributed by atoms with E-state index in [-0.39, 0.29) is 12.0 Å². The second-order valence-electron chi connectivity index (χ2n) is 4.50. The molecule has 2 heterocycles. The van der Waals surface area contributed by atoms with E-state index in [2.05, 4.69) is 15.0 Å². The molecule has 0 radical (unpaired) electrons. The molecule has 2 unspecified atom stereocenters. The third-order valence-corrected chi connectivity index (χ3v) is 3.18. The number of aromatic nitrogens is 2. The van der Waals surface area contributed by atoms with Crippen LogP contribution in [0, 0.1) is 6.92 Å². The van der Waals surface area contributed by atoms with Gasteiger partial charge < -0.3 is 14.9 Å². The lowest BCUT2D eigenvalue weighted by atomic mass is 10.1. The molecular formula is C10H13N5O5. The Balaban J connectivity index is 2.43. The SMILES string of the molecule is Cc1cn(C2CC(O)[C@](CO)(N=[N+]=[N-])O2)c(=O)[nH]c1=O. The summed E-state index contributed by atoms with van der Waals surface area (Å²) < 4.78 is 6.41. The zero-order valence-electron chi connectivity index (χ0n) is 10.6. The van der Waals surface area contributed by atoms with Crippen molar-refractivity contribution < 1.29 is 14.9 Å². The highest BCUT2D eigenvalue weighted by molar-refractivity contribution is 5.03. The molecular weight excluding hydrogens is 270 g/mol. The van der Waals surface area contributed by atoms with Crippen molar-refractivity contribution in [3.63, 3.8) is 0 Å². The van der Waals surface area contributed by atoms with Gasteiger partial charge in [0.1, 0.15) is 6.23 Å². The first-order valence-electron chi connectivity index (χ1n) is 5.78. The maximum atomic E-state index is 11.7. The summed E-state index contributed by atoms with van der Waals surface area (Å²) in [6.45, 7) is 0.776. The molecule has 1 aromatic heterocycles. The first-order chi connectivity index (χ1) is 9.43. The van der Waals surface area contributed by atoms with Gasteiger partial charge >= 0.3 is 5.69 Å². The van der Waals surface area contributed by atoms with E-state index in [1.54, 1.807) is 0 Å². The molecule has 1 aliphatic rings. The monoisotopic (exact) mass is 283 g/mol. The van der Waals surface area contributed by atoms with E-state index < -0.39 is 35.9 Å². The second kappa shape index (κ2) is 5.10. The fourth-order valence-electron chi connectivity index (χ4n) is 2.05. The second-order valence-corrected chi connectivity index (χ2v) is 4.50. The number of hydrogen-bond acceptors (Lipinski definition) is 6. The number of ether oxygens (including phenoxy) is 1. The lowest BCUT2D eigenvalue weighted by Gasteiger charge is -2.24. The number of rotatable bonds is 3. The van der Waals surface area contributed by atoms with Gasteiger partial charge in [0, 0.05) is 23.1 Å². The Morgan fingerprint density at radius 2 is 2.40 bits per heavy atom. The van der Waals surface area contributed by atoms with E-state index in [4.69, 9.17) is 10.3 Å². The van der Waals surface area contributed by atoms with Crippen LogP contribution in [-0.4, -0.2) is 38.2 Å². The van der Waals surface area contributed by atoms with E-state index in [1.165, 1.54) is 13.1 Å². The molecule has 1 aromatic rings. The fraction of sp³-hybridized carbons (Fsp3) is 0.600. The molecule has 10 heteroatoms. The predicted octanol–water partition coefficient (Wildman–Crippen LogP) is -0.876. The van der Waals surface area contributed by atoms with Crippen molar-refractivity contribution in [1.82, 2.24) is 9.55 Å². The summed E-state index contributed by atoms with van der Waals surface area (Å²) in [5.41, 5.74) is 5.69. The van der Waals surface area contributed by atoms with Crippen LogP contribution in [0.15, 0.2) is 20.9 Å². The highest BCUT2D eigenvalue weighted by Crippen LogP contribution is 2.37. The topological polar surface area (TPSA) is 153 Å². The molecule has 0 aromatic carbocycles. The Hall–Kier alpha value is -2.13. The summed E-state index contributed by atoms with van der Waals surface area (Å²) in [7, 11) is 0. The number of hydrogen-bond donors (Lipinski definition) is 3. The molecule has 0 bridgehead atoms. The molecule has 0 spiro atoms. The van der Waals surface area contributed by atoms with Crippen molar-refractivity contribution in [1.29, 1.82) is 0 Å². The third kappa shape index (κ3) is 2.21. The van der Waals surface area contributed by atoms with Crippen molar-refractivity contribution in [2.24, 2.45) is 5.11 Å². The fourth-order valence-corrected chi connectivity index (χ4v) is 2.05. The summed E-state index contributed by atoms with van der Waals surface area (Å²) in [5.74, 6) is 0. The van der Waals surface area contributed by atoms with Gasteiger partial charge in [-0.05, 0) is 12.5 Å². The summed E-state index contributed by atoms with van der Waals surface area (Å²) in [5, 5.41) is 22.4. The average molecular weight is 283 g/mol. The van der Waals surface area contributed by atoms with Crippen LogP contribution >= 0.6 is 0 Å². The summed E-state index contributed by atoms with van der Waals surface area (Å²) in [4.78, 5) is 27.6. The number of aliphatic hydroxyl groups excluding tert-OH is 2. The van der Waals surface area contributed by atoms with Crippen LogP contribution < -0.4 is 11.2 Å². The normalized spacial score (nSPS) is 29.1. The first-order valence-corrected chi connectivity index (χ1v) is 5.78. The standard InChI is InChI=1S/C10H13N5O5/c1-5-3-15(9(19)12-8(5)18)7-2-6(17)10(4-16,20-7)13-14-11/h3,6-7,16-17H,2,4H2,1H3,(H,12,18,19)/t6?,7?,10-/m1/s1. The molecule has 1 aliphatic heterocycles. The maximum Gasteiger partial charge on any atom is 0.330 e. The number of azide groups is 1. The molecule has 1 fully saturated rings. The Labute approximate surface area is 111 Å². The average Bonchev–Trinajstić information content (AvgIpc) is 2.72. The van der Waals surface area contributed by atoms with Gasteiger partial charge in [0.2, 0.25) is 0 Å². The van der Waals surface area contributed by atoms with E-state index >= 15 is 0 Å². The van der Waals surface area contributed by atoms with E-state index in [0.717, 1.165) is 4.57 Å². The van der Waals surface area contributed by atoms with Gasteiger partial charge in [-0.3, -0.25) is 14.3 Å². The third-order valence-electron chi connectivity index (χ3n) is 3.18. The Bertz CT molecular complexity index is 675. The molecule has 3 atom stereocenters. The van der Waals surface area contributed by atoms with Gasteiger partial charge in [-0.1, -0.05) is 5.11 Å². The largest absolute Gasteiger partial charge is 0.393 e. The van der Waals surface area contributed by atoms with Gasteiger partial charge in [-0.15, -0.1) is 0 Å². The van der Waals surface area contributed by atoms with Crippen LogP contribution in [0.1, 0.15) is 18.2 Å². The predicted molar refractivity (Wildman–Crippen MR) is 65.8 cm³/mol. The van der Waals surface area contributed by atoms with Crippen molar-refractivity contribution in [2.45, 2.75) is 31.4 Å². The zero-order valence-corrected chi connectivity index (χ0v) is 10.6. The minimum atomic E-state index is -1.83. The van der Waals surface area contributed by atoms with Crippen LogP contribution in [0.4, 0.5) is 0 Å². The van der Waals surface area contributed by atoms with Crippen LogP contribution in [0.3, 0.4) is 0 Å². The molecule has 3 N–H and O–H groups in total. The minimum Gasteiger partial charge on any atom is -0.393 e. The van der Waals surface area contributed by atoms with E-state index in [9.17, 15) is 19.8 Å². The van der Waals surface area contributed by atoms with Crippen molar-refractivity contribution in [3.05, 3.63) is 43.0 Å². The molecule has 0 saturated carbocycles. The molecule has 2 rings (SSSR count). The number of nitrogens with zero attached hydrogens (tertiary/aromatic N) is 4. The summed E-state index contributed by atoms with van der Waals surface area (Å²) >= 11 is 0. The molecule has 20 heavy (non-hydrogen) atoms. The van der Waals surface area contributed by atoms with Crippen LogP contribution in [0.5, 0.6) is 0 Å². The highest BCUT2D eigenvalue weighted by Gasteiger charge is 2.48. The van der Waals surface area contributed by atoms with Gasteiger partial charge in [0.25, 0.3) is 5.56 Å². The number of nitrogens with one attached hydrogen (secondary N) is 1. The van der Waals surface area contributed by atoms with Crippen molar-refractivity contribution in [2.75, 3.05) is 6.61 Å². The highest BCUT2D eigenvalue weighted by atomic mass is 16.6. The van der Waals surface area contributed by atoms with Crippen molar-refractivity contribution >= 4 is 0 Å². The molecule has 10 nitrogen and oxygen atoms in total. The maximum absolute atomic E-state index is 11.7. The molecule has 0 aliphatic carbocycles. The smallest absolute Gasteiger partial charge is 0.330 e. The van der Waals surface area contributed by atoms with Gasteiger partial charge in [-0.25, -0.2) is 4.79 Å².